The molecule has 0 radical (unpaired) electrons. The second-order valence-corrected chi connectivity index (χ2v) is 6.98. The highest BCUT2D eigenvalue weighted by Crippen LogP contribution is 2.29. The van der Waals surface area contributed by atoms with E-state index < -0.39 is 0 Å². The van der Waals surface area contributed by atoms with E-state index in [9.17, 15) is 4.79 Å². The van der Waals surface area contributed by atoms with Crippen molar-refractivity contribution in [3.05, 3.63) is 62.1 Å². The predicted molar refractivity (Wildman–Crippen MR) is 97.7 cm³/mol. The first-order valence-electron chi connectivity index (χ1n) is 6.23. The lowest BCUT2D eigenvalue weighted by Gasteiger charge is -2.08. The van der Waals surface area contributed by atoms with Crippen LogP contribution in [0.5, 0.6) is 0 Å². The van der Waals surface area contributed by atoms with Gasteiger partial charge in [-0.2, -0.15) is 0 Å². The van der Waals surface area contributed by atoms with Crippen molar-refractivity contribution in [1.82, 2.24) is 0 Å². The van der Waals surface area contributed by atoms with Crippen molar-refractivity contribution in [2.24, 2.45) is 0 Å². The quantitative estimate of drug-likeness (QED) is 0.656. The van der Waals surface area contributed by atoms with E-state index >= 15 is 0 Å². The summed E-state index contributed by atoms with van der Waals surface area (Å²) in [6.07, 6.45) is 0. The molecule has 0 aliphatic heterocycles. The van der Waals surface area contributed by atoms with Gasteiger partial charge in [-0.15, -0.1) is 11.8 Å². The summed E-state index contributed by atoms with van der Waals surface area (Å²) in [5.41, 5.74) is 1.52. The first-order chi connectivity index (χ1) is 10.5. The molecule has 0 bridgehead atoms. The maximum absolute atomic E-state index is 11.9. The largest absolute Gasteiger partial charge is 0.324 e. The molecular weight excluding hydrogens is 384 g/mol. The number of thioether (sulfide) groups is 1. The maximum atomic E-state index is 11.9. The molecule has 2 aromatic carbocycles. The van der Waals surface area contributed by atoms with Crippen LogP contribution < -0.4 is 5.32 Å². The fourth-order valence-corrected chi connectivity index (χ4v) is 3.12. The van der Waals surface area contributed by atoms with Gasteiger partial charge in [-0.3, -0.25) is 4.79 Å². The second-order valence-electron chi connectivity index (χ2n) is 4.39. The van der Waals surface area contributed by atoms with Crippen LogP contribution in [0.2, 0.25) is 20.1 Å². The zero-order chi connectivity index (χ0) is 16.1. The van der Waals surface area contributed by atoms with E-state index in [0.29, 0.717) is 37.3 Å². The zero-order valence-corrected chi connectivity index (χ0v) is 15.0. The molecule has 0 saturated heterocycles. The molecule has 7 heteroatoms. The minimum atomic E-state index is -0.144. The van der Waals surface area contributed by atoms with Crippen LogP contribution in [-0.2, 0) is 10.5 Å². The number of anilines is 1. The highest BCUT2D eigenvalue weighted by molar-refractivity contribution is 7.99. The molecule has 0 spiro atoms. The van der Waals surface area contributed by atoms with Gasteiger partial charge >= 0.3 is 0 Å². The van der Waals surface area contributed by atoms with Gasteiger partial charge in [-0.25, -0.2) is 0 Å². The van der Waals surface area contributed by atoms with Gasteiger partial charge in [0, 0.05) is 5.75 Å². The first-order valence-corrected chi connectivity index (χ1v) is 8.89. The molecular formula is C15H11Cl4NOS. The summed E-state index contributed by atoms with van der Waals surface area (Å²) in [4.78, 5) is 11.9. The van der Waals surface area contributed by atoms with Crippen LogP contribution >= 0.6 is 58.2 Å². The number of hydrogen-bond acceptors (Lipinski definition) is 2. The Morgan fingerprint density at radius 2 is 1.77 bits per heavy atom. The van der Waals surface area contributed by atoms with Gasteiger partial charge in [0.2, 0.25) is 5.91 Å². The standard InChI is InChI=1S/C15H11Cl4NOS/c16-10-5-4-9(6-12(10)18)7-22-8-14(21)20-13-3-1-2-11(17)15(13)19/h1-6H,7-8H2,(H,20,21). The number of benzene rings is 2. The Morgan fingerprint density at radius 3 is 2.50 bits per heavy atom. The van der Waals surface area contributed by atoms with Crippen molar-refractivity contribution < 1.29 is 4.79 Å². The molecule has 116 valence electrons. The Hall–Kier alpha value is -0.580. The molecule has 0 atom stereocenters. The fourth-order valence-electron chi connectivity index (χ4n) is 1.68. The Labute approximate surface area is 153 Å². The van der Waals surface area contributed by atoms with E-state index in [1.54, 1.807) is 30.3 Å². The van der Waals surface area contributed by atoms with Crippen LogP contribution in [0.25, 0.3) is 0 Å². The normalized spacial score (nSPS) is 10.5. The maximum Gasteiger partial charge on any atom is 0.234 e. The summed E-state index contributed by atoms with van der Waals surface area (Å²) in [6.45, 7) is 0. The molecule has 0 saturated carbocycles. The highest BCUT2D eigenvalue weighted by Gasteiger charge is 2.08. The lowest BCUT2D eigenvalue weighted by atomic mass is 10.2. The van der Waals surface area contributed by atoms with Gasteiger partial charge in [0.25, 0.3) is 0 Å². The van der Waals surface area contributed by atoms with Crippen molar-refractivity contribution in [2.75, 3.05) is 11.1 Å². The third-order valence-corrected chi connectivity index (χ3v) is 5.27. The minimum Gasteiger partial charge on any atom is -0.324 e. The highest BCUT2D eigenvalue weighted by atomic mass is 35.5. The number of halogens is 4. The van der Waals surface area contributed by atoms with Crippen LogP contribution in [0.3, 0.4) is 0 Å². The van der Waals surface area contributed by atoms with Gasteiger partial charge in [-0.1, -0.05) is 58.5 Å². The minimum absolute atomic E-state index is 0.144. The molecule has 2 aromatic rings. The molecule has 0 aliphatic rings. The number of carbonyl (C=O) groups is 1. The summed E-state index contributed by atoms with van der Waals surface area (Å²) in [5.74, 6) is 0.811. The summed E-state index contributed by atoms with van der Waals surface area (Å²) in [5, 5.41) is 4.51. The topological polar surface area (TPSA) is 29.1 Å². The van der Waals surface area contributed by atoms with Gasteiger partial charge in [-0.05, 0) is 29.8 Å². The van der Waals surface area contributed by atoms with Crippen molar-refractivity contribution >= 4 is 69.8 Å². The zero-order valence-electron chi connectivity index (χ0n) is 11.2. The third-order valence-electron chi connectivity index (χ3n) is 2.71. The van der Waals surface area contributed by atoms with Crippen molar-refractivity contribution in [3.8, 4) is 0 Å². The van der Waals surface area contributed by atoms with E-state index in [4.69, 9.17) is 46.4 Å². The van der Waals surface area contributed by atoms with Gasteiger partial charge in [0.1, 0.15) is 0 Å². The average molecular weight is 395 g/mol. The molecule has 22 heavy (non-hydrogen) atoms. The SMILES string of the molecule is O=C(CSCc1ccc(Cl)c(Cl)c1)Nc1cccc(Cl)c1Cl. The molecule has 1 N–H and O–H groups in total. The van der Waals surface area contributed by atoms with Crippen molar-refractivity contribution in [1.29, 1.82) is 0 Å². The molecule has 1 amide bonds. The number of carbonyl (C=O) groups excluding carboxylic acids is 1. The Morgan fingerprint density at radius 1 is 1.00 bits per heavy atom. The summed E-state index contributed by atoms with van der Waals surface area (Å²) < 4.78 is 0. The lowest BCUT2D eigenvalue weighted by molar-refractivity contribution is -0.113. The number of rotatable bonds is 5. The van der Waals surface area contributed by atoms with Crippen molar-refractivity contribution in [2.45, 2.75) is 5.75 Å². The van der Waals surface area contributed by atoms with E-state index in [2.05, 4.69) is 5.32 Å². The molecule has 2 nitrogen and oxygen atoms in total. The summed E-state index contributed by atoms with van der Waals surface area (Å²) in [6, 6.07) is 10.5. The van der Waals surface area contributed by atoms with Crippen LogP contribution in [0, 0.1) is 0 Å². The number of nitrogens with one attached hydrogen (secondary N) is 1. The molecule has 2 rings (SSSR count). The average Bonchev–Trinajstić information content (AvgIpc) is 2.48. The van der Waals surface area contributed by atoms with Crippen molar-refractivity contribution in [3.63, 3.8) is 0 Å². The monoisotopic (exact) mass is 393 g/mol. The molecule has 0 aliphatic carbocycles. The van der Waals surface area contributed by atoms with Crippen LogP contribution in [-0.4, -0.2) is 11.7 Å². The Bertz CT molecular complexity index is 693. The molecule has 0 fully saturated rings. The van der Waals surface area contributed by atoms with E-state index in [0.717, 1.165) is 5.56 Å². The second kappa shape index (κ2) is 8.32. The smallest absolute Gasteiger partial charge is 0.234 e. The number of amides is 1. The van der Waals surface area contributed by atoms with Crippen LogP contribution in [0.4, 0.5) is 5.69 Å². The molecule has 0 heterocycles. The predicted octanol–water partition coefficient (Wildman–Crippen LogP) is 6.17. The van der Waals surface area contributed by atoms with E-state index in [1.165, 1.54) is 11.8 Å². The summed E-state index contributed by atoms with van der Waals surface area (Å²) >= 11 is 25.2. The van der Waals surface area contributed by atoms with Crippen LogP contribution in [0.15, 0.2) is 36.4 Å². The Balaban J connectivity index is 1.85. The lowest BCUT2D eigenvalue weighted by Crippen LogP contribution is -2.14. The van der Waals surface area contributed by atoms with E-state index in [1.807, 2.05) is 6.07 Å². The third kappa shape index (κ3) is 4.97. The van der Waals surface area contributed by atoms with E-state index in [-0.39, 0.29) is 5.91 Å². The molecule has 0 unspecified atom stereocenters. The summed E-state index contributed by atoms with van der Waals surface area (Å²) in [7, 11) is 0. The first kappa shape index (κ1) is 17.8. The fraction of sp³-hybridized carbons (Fsp3) is 0.133. The van der Waals surface area contributed by atoms with Gasteiger partial charge < -0.3 is 5.32 Å². The van der Waals surface area contributed by atoms with Crippen LogP contribution in [0.1, 0.15) is 5.56 Å². The number of hydrogen-bond donors (Lipinski definition) is 1. The van der Waals surface area contributed by atoms with Gasteiger partial charge in [0.15, 0.2) is 0 Å². The Kier molecular flexibility index (Phi) is 6.72. The van der Waals surface area contributed by atoms with Gasteiger partial charge in [0.05, 0.1) is 31.5 Å². The molecule has 0 aromatic heterocycles.